The number of benzene rings is 2. The maximum absolute atomic E-state index is 11.6. The topological polar surface area (TPSA) is 41.5 Å². The third-order valence-corrected chi connectivity index (χ3v) is 5.07. The van der Waals surface area contributed by atoms with Crippen molar-refractivity contribution in [3.63, 3.8) is 0 Å². The molecule has 3 nitrogen and oxygen atoms in total. The summed E-state index contributed by atoms with van der Waals surface area (Å²) in [7, 11) is 0. The van der Waals surface area contributed by atoms with E-state index in [0.29, 0.717) is 0 Å². The summed E-state index contributed by atoms with van der Waals surface area (Å²) in [6, 6.07) is 12.5. The number of hydrogen-bond donors (Lipinski definition) is 2. The van der Waals surface area contributed by atoms with Gasteiger partial charge in [-0.3, -0.25) is 0 Å². The van der Waals surface area contributed by atoms with Gasteiger partial charge in [-0.2, -0.15) is 0 Å². The molecule has 2 aromatic carbocycles. The lowest BCUT2D eigenvalue weighted by atomic mass is 9.78. The molecule has 2 aromatic rings. The van der Waals surface area contributed by atoms with Gasteiger partial charge in [-0.25, -0.2) is 0 Å². The molecule has 150 valence electrons. The maximum Gasteiger partial charge on any atom is 0.120 e. The van der Waals surface area contributed by atoms with Gasteiger partial charge in [0.05, 0.1) is 11.7 Å². The van der Waals surface area contributed by atoms with E-state index in [0.717, 1.165) is 41.5 Å². The zero-order valence-corrected chi connectivity index (χ0v) is 18.1. The molecule has 0 aliphatic rings. The Morgan fingerprint density at radius 3 is 2.22 bits per heavy atom. The molecule has 0 aliphatic heterocycles. The Bertz CT molecular complexity index is 748. The Hall–Kier alpha value is -1.58. The zero-order valence-electron chi connectivity index (χ0n) is 18.1. The Labute approximate surface area is 165 Å². The highest BCUT2D eigenvalue weighted by Gasteiger charge is 2.35. The first-order valence-electron chi connectivity index (χ1n) is 10.2. The molecule has 0 aromatic heterocycles. The minimum absolute atomic E-state index is 0.0393. The van der Waals surface area contributed by atoms with Gasteiger partial charge in [0.15, 0.2) is 0 Å². The Kier molecular flexibility index (Phi) is 6.93. The lowest BCUT2D eigenvalue weighted by Crippen LogP contribution is -2.45. The van der Waals surface area contributed by atoms with Crippen LogP contribution in [0.1, 0.15) is 66.9 Å². The van der Waals surface area contributed by atoms with Crippen molar-refractivity contribution in [2.75, 3.05) is 6.54 Å². The standard InChI is InChI=1S/C24H37NO2/c1-8-13-24(26,18(4)16-25-23(5,6)7)21-11-9-20-15-22(27-17(2)3)12-10-19(20)14-21/h9-12,14-15,17-18,25-26H,8,13,16H2,1-7H3. The van der Waals surface area contributed by atoms with E-state index < -0.39 is 5.60 Å². The first-order chi connectivity index (χ1) is 12.5. The van der Waals surface area contributed by atoms with Gasteiger partial charge in [-0.05, 0) is 75.6 Å². The fraction of sp³-hybridized carbons (Fsp3) is 0.583. The van der Waals surface area contributed by atoms with E-state index in [1.165, 1.54) is 0 Å². The largest absolute Gasteiger partial charge is 0.491 e. The number of ether oxygens (including phenoxy) is 1. The molecule has 0 saturated heterocycles. The predicted octanol–water partition coefficient (Wildman–Crippen LogP) is 5.64. The molecule has 27 heavy (non-hydrogen) atoms. The van der Waals surface area contributed by atoms with Crippen molar-refractivity contribution in [3.8, 4) is 5.75 Å². The van der Waals surface area contributed by atoms with Gasteiger partial charge in [-0.1, -0.05) is 38.5 Å². The van der Waals surface area contributed by atoms with Gasteiger partial charge >= 0.3 is 0 Å². The smallest absolute Gasteiger partial charge is 0.120 e. The Morgan fingerprint density at radius 1 is 1.00 bits per heavy atom. The average molecular weight is 372 g/mol. The molecule has 0 saturated carbocycles. The van der Waals surface area contributed by atoms with Crippen LogP contribution in [0.15, 0.2) is 36.4 Å². The van der Waals surface area contributed by atoms with Gasteiger partial charge in [0.2, 0.25) is 0 Å². The highest BCUT2D eigenvalue weighted by atomic mass is 16.5. The summed E-state index contributed by atoms with van der Waals surface area (Å²) >= 11 is 0. The third kappa shape index (κ3) is 5.70. The summed E-state index contributed by atoms with van der Waals surface area (Å²) in [5.41, 5.74) is 0.198. The molecule has 2 atom stereocenters. The summed E-state index contributed by atoms with van der Waals surface area (Å²) in [5.74, 6) is 0.995. The molecular formula is C24H37NO2. The van der Waals surface area contributed by atoms with E-state index in [1.807, 2.05) is 19.9 Å². The van der Waals surface area contributed by atoms with E-state index in [2.05, 4.69) is 70.3 Å². The molecule has 2 unspecified atom stereocenters. The summed E-state index contributed by atoms with van der Waals surface area (Å²) in [6.07, 6.45) is 1.85. The first kappa shape index (κ1) is 21.7. The van der Waals surface area contributed by atoms with Gasteiger partial charge in [0.25, 0.3) is 0 Å². The first-order valence-corrected chi connectivity index (χ1v) is 10.2. The summed E-state index contributed by atoms with van der Waals surface area (Å²) in [4.78, 5) is 0. The van der Waals surface area contributed by atoms with Crippen LogP contribution in [0.3, 0.4) is 0 Å². The molecule has 0 spiro atoms. The number of nitrogens with one attached hydrogen (secondary N) is 1. The van der Waals surface area contributed by atoms with Crippen molar-refractivity contribution >= 4 is 10.8 Å². The molecule has 3 heteroatoms. The fourth-order valence-corrected chi connectivity index (χ4v) is 3.52. The van der Waals surface area contributed by atoms with Crippen LogP contribution in [-0.4, -0.2) is 23.3 Å². The fourth-order valence-electron chi connectivity index (χ4n) is 3.52. The molecule has 0 amide bonds. The van der Waals surface area contributed by atoms with Crippen molar-refractivity contribution < 1.29 is 9.84 Å². The van der Waals surface area contributed by atoms with E-state index in [-0.39, 0.29) is 17.6 Å². The van der Waals surface area contributed by atoms with Crippen LogP contribution in [0.5, 0.6) is 5.75 Å². The second kappa shape index (κ2) is 8.62. The van der Waals surface area contributed by atoms with E-state index in [4.69, 9.17) is 4.74 Å². The molecule has 0 heterocycles. The molecule has 0 aliphatic carbocycles. The lowest BCUT2D eigenvalue weighted by molar-refractivity contribution is -0.0270. The molecule has 0 bridgehead atoms. The highest BCUT2D eigenvalue weighted by Crippen LogP contribution is 2.36. The lowest BCUT2D eigenvalue weighted by Gasteiger charge is -2.37. The van der Waals surface area contributed by atoms with Crippen LogP contribution >= 0.6 is 0 Å². The highest BCUT2D eigenvalue weighted by molar-refractivity contribution is 5.84. The Balaban J connectivity index is 2.33. The number of hydrogen-bond acceptors (Lipinski definition) is 3. The van der Waals surface area contributed by atoms with Crippen molar-refractivity contribution in [1.82, 2.24) is 5.32 Å². The van der Waals surface area contributed by atoms with Gasteiger partial charge in [0, 0.05) is 18.0 Å². The van der Waals surface area contributed by atoms with E-state index in [1.54, 1.807) is 0 Å². The maximum atomic E-state index is 11.6. The number of aliphatic hydroxyl groups is 1. The normalized spacial score (nSPS) is 15.7. The van der Waals surface area contributed by atoms with E-state index >= 15 is 0 Å². The molecule has 2 N–H and O–H groups in total. The Morgan fingerprint density at radius 2 is 1.63 bits per heavy atom. The van der Waals surface area contributed by atoms with Gasteiger partial charge < -0.3 is 15.2 Å². The minimum atomic E-state index is -0.839. The summed E-state index contributed by atoms with van der Waals surface area (Å²) < 4.78 is 5.80. The van der Waals surface area contributed by atoms with Crippen LogP contribution in [0.2, 0.25) is 0 Å². The van der Waals surface area contributed by atoms with Crippen molar-refractivity contribution in [3.05, 3.63) is 42.0 Å². The van der Waals surface area contributed by atoms with Crippen molar-refractivity contribution in [2.24, 2.45) is 5.92 Å². The second-order valence-corrected chi connectivity index (χ2v) is 9.10. The minimum Gasteiger partial charge on any atom is -0.491 e. The third-order valence-electron chi connectivity index (χ3n) is 5.07. The van der Waals surface area contributed by atoms with Crippen LogP contribution in [0.4, 0.5) is 0 Å². The molecule has 2 rings (SSSR count). The number of rotatable bonds is 8. The van der Waals surface area contributed by atoms with Gasteiger partial charge in [-0.15, -0.1) is 0 Å². The SMILES string of the molecule is CCCC(O)(c1ccc2cc(OC(C)C)ccc2c1)C(C)CNC(C)(C)C. The average Bonchev–Trinajstić information content (AvgIpc) is 2.58. The summed E-state index contributed by atoms with van der Waals surface area (Å²) in [6.45, 7) is 15.6. The van der Waals surface area contributed by atoms with E-state index in [9.17, 15) is 5.11 Å². The number of fused-ring (bicyclic) bond motifs is 1. The van der Waals surface area contributed by atoms with Gasteiger partial charge in [0.1, 0.15) is 5.75 Å². The predicted molar refractivity (Wildman–Crippen MR) is 115 cm³/mol. The summed E-state index contributed by atoms with van der Waals surface area (Å²) in [5, 5.41) is 17.4. The van der Waals surface area contributed by atoms with Crippen molar-refractivity contribution in [1.29, 1.82) is 0 Å². The second-order valence-electron chi connectivity index (χ2n) is 9.10. The van der Waals surface area contributed by atoms with Crippen LogP contribution in [-0.2, 0) is 5.60 Å². The molecule has 0 radical (unpaired) electrons. The van der Waals surface area contributed by atoms with Crippen LogP contribution in [0.25, 0.3) is 10.8 Å². The molecule has 0 fully saturated rings. The molecular weight excluding hydrogens is 334 g/mol. The quantitative estimate of drug-likeness (QED) is 0.631. The van der Waals surface area contributed by atoms with Crippen molar-refractivity contribution in [2.45, 2.75) is 78.6 Å². The van der Waals surface area contributed by atoms with Crippen LogP contribution in [0, 0.1) is 5.92 Å². The monoisotopic (exact) mass is 371 g/mol. The zero-order chi connectivity index (χ0) is 20.2. The van der Waals surface area contributed by atoms with Crippen LogP contribution < -0.4 is 10.1 Å².